The highest BCUT2D eigenvalue weighted by Gasteiger charge is 2.18. The van der Waals surface area contributed by atoms with Crippen molar-refractivity contribution in [3.05, 3.63) is 0 Å². The molecule has 0 saturated carbocycles. The molecule has 3 nitrogen and oxygen atoms in total. The fourth-order valence-electron chi connectivity index (χ4n) is 1.28. The van der Waals surface area contributed by atoms with Gasteiger partial charge >= 0.3 is 0 Å². The topological polar surface area (TPSA) is 38.7 Å². The summed E-state index contributed by atoms with van der Waals surface area (Å²) in [5, 5.41) is 8.91. The first-order valence-electron chi connectivity index (χ1n) is 5.08. The van der Waals surface area contributed by atoms with Crippen LogP contribution in [0.2, 0.25) is 0 Å². The van der Waals surface area contributed by atoms with Gasteiger partial charge in [0.1, 0.15) is 0 Å². The predicted molar refractivity (Wildman–Crippen MR) is 50.3 cm³/mol. The number of aliphatic hydroxyl groups is 1. The molecule has 78 valence electrons. The Hall–Kier alpha value is -0.120. The summed E-state index contributed by atoms with van der Waals surface area (Å²) < 4.78 is 10.9. The molecule has 1 N–H and O–H groups in total. The quantitative estimate of drug-likeness (QED) is 0.709. The van der Waals surface area contributed by atoms with E-state index in [0.717, 1.165) is 19.4 Å². The van der Waals surface area contributed by atoms with Gasteiger partial charge in [-0.2, -0.15) is 0 Å². The second-order valence-corrected chi connectivity index (χ2v) is 3.91. The number of ether oxygens (including phenoxy) is 2. The molecule has 1 aliphatic rings. The normalized spacial score (nSPS) is 27.5. The van der Waals surface area contributed by atoms with E-state index in [9.17, 15) is 0 Å². The van der Waals surface area contributed by atoms with Gasteiger partial charge in [0.15, 0.2) is 6.29 Å². The van der Waals surface area contributed by atoms with Crippen LogP contribution in [0.5, 0.6) is 0 Å². The summed E-state index contributed by atoms with van der Waals surface area (Å²) >= 11 is 0. The fraction of sp³-hybridized carbons (Fsp3) is 1.00. The van der Waals surface area contributed by atoms with E-state index < -0.39 is 0 Å². The van der Waals surface area contributed by atoms with Crippen molar-refractivity contribution in [2.75, 3.05) is 19.8 Å². The van der Waals surface area contributed by atoms with Gasteiger partial charge in [0.05, 0.1) is 6.61 Å². The van der Waals surface area contributed by atoms with Crippen molar-refractivity contribution in [2.24, 2.45) is 11.8 Å². The van der Waals surface area contributed by atoms with E-state index in [4.69, 9.17) is 14.6 Å². The molecule has 0 spiro atoms. The maximum Gasteiger partial charge on any atom is 0.157 e. The summed E-state index contributed by atoms with van der Waals surface area (Å²) in [4.78, 5) is 0. The van der Waals surface area contributed by atoms with Gasteiger partial charge < -0.3 is 14.6 Å². The van der Waals surface area contributed by atoms with Gasteiger partial charge in [0.2, 0.25) is 0 Å². The van der Waals surface area contributed by atoms with Crippen LogP contribution < -0.4 is 0 Å². The molecule has 1 saturated heterocycles. The van der Waals surface area contributed by atoms with E-state index >= 15 is 0 Å². The lowest BCUT2D eigenvalue weighted by atomic mass is 9.98. The average molecular weight is 188 g/mol. The zero-order valence-corrected chi connectivity index (χ0v) is 8.53. The third kappa shape index (κ3) is 3.63. The Morgan fingerprint density at radius 1 is 1.46 bits per heavy atom. The summed E-state index contributed by atoms with van der Waals surface area (Å²) in [6.45, 7) is 5.87. The second-order valence-electron chi connectivity index (χ2n) is 3.91. The number of aliphatic hydroxyl groups excluding tert-OH is 1. The molecule has 0 aliphatic carbocycles. The van der Waals surface area contributed by atoms with Crippen molar-refractivity contribution in [1.29, 1.82) is 0 Å². The van der Waals surface area contributed by atoms with Gasteiger partial charge in [-0.25, -0.2) is 0 Å². The predicted octanol–water partition coefficient (Wildman–Crippen LogP) is 1.40. The first-order valence-corrected chi connectivity index (χ1v) is 5.08. The summed E-state index contributed by atoms with van der Waals surface area (Å²) in [7, 11) is 0. The van der Waals surface area contributed by atoms with Crippen LogP contribution in [-0.4, -0.2) is 31.2 Å². The maximum absolute atomic E-state index is 8.91. The summed E-state index contributed by atoms with van der Waals surface area (Å²) in [5.74, 6) is 0.704. The van der Waals surface area contributed by atoms with E-state index in [1.165, 1.54) is 0 Å². The Labute approximate surface area is 80.0 Å². The van der Waals surface area contributed by atoms with Crippen molar-refractivity contribution in [1.82, 2.24) is 0 Å². The molecule has 0 aromatic rings. The minimum absolute atomic E-state index is 0.00772. The maximum atomic E-state index is 8.91. The van der Waals surface area contributed by atoms with Gasteiger partial charge in [-0.3, -0.25) is 0 Å². The molecule has 0 bridgehead atoms. The highest BCUT2D eigenvalue weighted by atomic mass is 16.7. The highest BCUT2D eigenvalue weighted by molar-refractivity contribution is 4.61. The molecule has 1 aliphatic heterocycles. The summed E-state index contributed by atoms with van der Waals surface area (Å²) in [6.07, 6.45) is 2.13. The molecule has 1 fully saturated rings. The zero-order chi connectivity index (χ0) is 9.68. The monoisotopic (exact) mass is 188 g/mol. The van der Waals surface area contributed by atoms with Crippen molar-refractivity contribution >= 4 is 0 Å². The molecule has 1 rings (SSSR count). The standard InChI is InChI=1S/C10H20O3/c1-8(6-11)9(2)7-13-10-4-3-5-12-10/h8-11H,3-7H2,1-2H3. The molecular weight excluding hydrogens is 168 g/mol. The minimum atomic E-state index is 0.00772. The molecule has 0 aromatic heterocycles. The fourth-order valence-corrected chi connectivity index (χ4v) is 1.28. The summed E-state index contributed by atoms with van der Waals surface area (Å²) in [5.41, 5.74) is 0. The van der Waals surface area contributed by atoms with Crippen LogP contribution in [0.3, 0.4) is 0 Å². The number of hydrogen-bond donors (Lipinski definition) is 1. The molecule has 3 heteroatoms. The lowest BCUT2D eigenvalue weighted by molar-refractivity contribution is -0.123. The van der Waals surface area contributed by atoms with Crippen LogP contribution >= 0.6 is 0 Å². The Morgan fingerprint density at radius 2 is 2.23 bits per heavy atom. The molecular formula is C10H20O3. The minimum Gasteiger partial charge on any atom is -0.396 e. The lowest BCUT2D eigenvalue weighted by Crippen LogP contribution is -2.21. The molecule has 0 amide bonds. The third-order valence-electron chi connectivity index (χ3n) is 2.69. The second kappa shape index (κ2) is 5.58. The molecule has 13 heavy (non-hydrogen) atoms. The van der Waals surface area contributed by atoms with E-state index in [2.05, 4.69) is 6.92 Å². The highest BCUT2D eigenvalue weighted by Crippen LogP contribution is 2.16. The Balaban J connectivity index is 2.10. The number of hydrogen-bond acceptors (Lipinski definition) is 3. The Kier molecular flexibility index (Phi) is 4.70. The Morgan fingerprint density at radius 3 is 2.77 bits per heavy atom. The van der Waals surface area contributed by atoms with E-state index in [-0.39, 0.29) is 12.9 Å². The molecule has 3 atom stereocenters. The smallest absolute Gasteiger partial charge is 0.157 e. The van der Waals surface area contributed by atoms with Gasteiger partial charge in [0.25, 0.3) is 0 Å². The molecule has 3 unspecified atom stereocenters. The van der Waals surface area contributed by atoms with Gasteiger partial charge in [0, 0.05) is 19.6 Å². The van der Waals surface area contributed by atoms with Crippen LogP contribution in [0.25, 0.3) is 0 Å². The van der Waals surface area contributed by atoms with E-state index in [1.54, 1.807) is 0 Å². The van der Waals surface area contributed by atoms with Crippen LogP contribution in [0.4, 0.5) is 0 Å². The largest absolute Gasteiger partial charge is 0.396 e. The van der Waals surface area contributed by atoms with E-state index in [1.807, 2.05) is 6.92 Å². The van der Waals surface area contributed by atoms with Crippen molar-refractivity contribution in [2.45, 2.75) is 33.0 Å². The van der Waals surface area contributed by atoms with Crippen molar-refractivity contribution < 1.29 is 14.6 Å². The van der Waals surface area contributed by atoms with Gasteiger partial charge in [-0.05, 0) is 18.3 Å². The van der Waals surface area contributed by atoms with Crippen molar-refractivity contribution in [3.63, 3.8) is 0 Å². The van der Waals surface area contributed by atoms with E-state index in [0.29, 0.717) is 18.4 Å². The van der Waals surface area contributed by atoms with Crippen LogP contribution in [0.15, 0.2) is 0 Å². The first kappa shape index (κ1) is 11.0. The van der Waals surface area contributed by atoms with Gasteiger partial charge in [-0.15, -0.1) is 0 Å². The van der Waals surface area contributed by atoms with Crippen LogP contribution in [0, 0.1) is 11.8 Å². The Bertz CT molecular complexity index is 132. The lowest BCUT2D eigenvalue weighted by Gasteiger charge is -2.19. The van der Waals surface area contributed by atoms with Crippen LogP contribution in [-0.2, 0) is 9.47 Å². The molecule has 0 radical (unpaired) electrons. The average Bonchev–Trinajstić information content (AvgIpc) is 2.65. The molecule has 1 heterocycles. The number of rotatable bonds is 5. The third-order valence-corrected chi connectivity index (χ3v) is 2.69. The van der Waals surface area contributed by atoms with Crippen LogP contribution in [0.1, 0.15) is 26.7 Å². The summed E-state index contributed by atoms with van der Waals surface area (Å²) in [6, 6.07) is 0. The molecule has 0 aromatic carbocycles. The SMILES string of the molecule is CC(CO)C(C)COC1CCCO1. The van der Waals surface area contributed by atoms with Crippen molar-refractivity contribution in [3.8, 4) is 0 Å². The van der Waals surface area contributed by atoms with Gasteiger partial charge in [-0.1, -0.05) is 13.8 Å². The zero-order valence-electron chi connectivity index (χ0n) is 8.53. The first-order chi connectivity index (χ1) is 6.24.